The van der Waals surface area contributed by atoms with Crippen molar-refractivity contribution >= 4 is 17.3 Å². The quantitative estimate of drug-likeness (QED) is 0.794. The third-order valence-electron chi connectivity index (χ3n) is 2.91. The molecule has 0 fully saturated rings. The normalized spacial score (nSPS) is 11.3. The fourth-order valence-corrected chi connectivity index (χ4v) is 1.84. The molecular formula is C14H20F3N3O. The van der Waals surface area contributed by atoms with E-state index in [1.54, 1.807) is 26.0 Å². The average molecular weight is 303 g/mol. The van der Waals surface area contributed by atoms with Crippen molar-refractivity contribution in [1.82, 2.24) is 5.32 Å². The molecule has 0 radical (unpaired) electrons. The summed E-state index contributed by atoms with van der Waals surface area (Å²) in [6, 6.07) is 3.32. The van der Waals surface area contributed by atoms with E-state index in [0.717, 1.165) is 12.1 Å². The van der Waals surface area contributed by atoms with Crippen LogP contribution in [0.15, 0.2) is 18.2 Å². The summed E-state index contributed by atoms with van der Waals surface area (Å²) < 4.78 is 38.3. The Hall–Kier alpha value is -1.76. The van der Waals surface area contributed by atoms with E-state index >= 15 is 0 Å². The van der Waals surface area contributed by atoms with Crippen molar-refractivity contribution in [1.29, 1.82) is 0 Å². The van der Waals surface area contributed by atoms with E-state index in [4.69, 9.17) is 0 Å². The number of nitrogens with zero attached hydrogens (tertiary/aromatic N) is 1. The Morgan fingerprint density at radius 1 is 1.29 bits per heavy atom. The first kappa shape index (κ1) is 17.3. The summed E-state index contributed by atoms with van der Waals surface area (Å²) in [4.78, 5) is 13.4. The Morgan fingerprint density at radius 2 is 1.95 bits per heavy atom. The fraction of sp³-hybridized carbons (Fsp3) is 0.500. The van der Waals surface area contributed by atoms with Crippen LogP contribution in [0, 0.1) is 0 Å². The summed E-state index contributed by atoms with van der Waals surface area (Å²) >= 11 is 0. The van der Waals surface area contributed by atoms with Gasteiger partial charge in [0.2, 0.25) is 5.91 Å². The fourth-order valence-electron chi connectivity index (χ4n) is 1.84. The van der Waals surface area contributed by atoms with Crippen molar-refractivity contribution in [2.45, 2.75) is 19.0 Å². The number of alkyl halides is 3. The van der Waals surface area contributed by atoms with Crippen LogP contribution in [-0.2, 0) is 11.0 Å². The number of carbonyl (C=O) groups excluding carboxylic acids is 1. The monoisotopic (exact) mass is 303 g/mol. The van der Waals surface area contributed by atoms with Gasteiger partial charge in [-0.3, -0.25) is 4.79 Å². The van der Waals surface area contributed by atoms with Crippen LogP contribution in [-0.4, -0.2) is 33.6 Å². The van der Waals surface area contributed by atoms with Crippen molar-refractivity contribution in [3.8, 4) is 0 Å². The second-order valence-electron chi connectivity index (χ2n) is 4.88. The Labute approximate surface area is 122 Å². The lowest BCUT2D eigenvalue weighted by Gasteiger charge is -2.19. The summed E-state index contributed by atoms with van der Waals surface area (Å²) in [5.74, 6) is -0.298. The van der Waals surface area contributed by atoms with Crippen molar-refractivity contribution < 1.29 is 18.0 Å². The van der Waals surface area contributed by atoms with Crippen LogP contribution in [0.2, 0.25) is 0 Å². The molecule has 21 heavy (non-hydrogen) atoms. The molecule has 0 aliphatic rings. The van der Waals surface area contributed by atoms with E-state index in [-0.39, 0.29) is 18.0 Å². The van der Waals surface area contributed by atoms with Crippen molar-refractivity contribution in [2.24, 2.45) is 0 Å². The van der Waals surface area contributed by atoms with Crippen LogP contribution in [0.5, 0.6) is 0 Å². The Bertz CT molecular complexity index is 487. The summed E-state index contributed by atoms with van der Waals surface area (Å²) in [6.45, 7) is 0.677. The Kier molecular flexibility index (Phi) is 6.02. The molecule has 1 amide bonds. The summed E-state index contributed by atoms with van der Waals surface area (Å²) in [5, 5.41) is 5.46. The van der Waals surface area contributed by atoms with Gasteiger partial charge in [-0.25, -0.2) is 0 Å². The molecule has 1 rings (SSSR count). The highest BCUT2D eigenvalue weighted by molar-refractivity contribution is 5.94. The predicted molar refractivity (Wildman–Crippen MR) is 77.6 cm³/mol. The Balaban J connectivity index is 2.93. The van der Waals surface area contributed by atoms with E-state index in [1.807, 2.05) is 0 Å². The van der Waals surface area contributed by atoms with E-state index in [2.05, 4.69) is 10.6 Å². The SMILES string of the molecule is CNCCCC(=O)Nc1cc(C(F)(F)F)ccc1N(C)C. The van der Waals surface area contributed by atoms with Gasteiger partial charge in [0.15, 0.2) is 0 Å². The minimum absolute atomic E-state index is 0.171. The molecule has 118 valence electrons. The third kappa shape index (κ3) is 5.26. The van der Waals surface area contributed by atoms with Crippen LogP contribution in [0.1, 0.15) is 18.4 Å². The summed E-state index contributed by atoms with van der Waals surface area (Å²) in [5.41, 5.74) is -0.0760. The number of halogens is 3. The second kappa shape index (κ2) is 7.31. The topological polar surface area (TPSA) is 44.4 Å². The standard InChI is InChI=1S/C14H20F3N3O/c1-18-8-4-5-13(21)19-11-9-10(14(15,16)17)6-7-12(11)20(2)3/h6-7,9,18H,4-5,8H2,1-3H3,(H,19,21). The number of carbonyl (C=O) groups is 1. The van der Waals surface area contributed by atoms with Gasteiger partial charge in [0, 0.05) is 20.5 Å². The molecule has 0 aliphatic heterocycles. The minimum atomic E-state index is -4.43. The van der Waals surface area contributed by atoms with Crippen LogP contribution < -0.4 is 15.5 Å². The predicted octanol–water partition coefficient (Wildman–Crippen LogP) is 2.71. The third-order valence-corrected chi connectivity index (χ3v) is 2.91. The first-order chi connectivity index (χ1) is 9.75. The smallest absolute Gasteiger partial charge is 0.376 e. The molecule has 7 heteroatoms. The van der Waals surface area contributed by atoms with E-state index < -0.39 is 11.7 Å². The highest BCUT2D eigenvalue weighted by atomic mass is 19.4. The van der Waals surface area contributed by atoms with E-state index in [9.17, 15) is 18.0 Å². The number of amides is 1. The molecule has 1 aromatic rings. The molecule has 0 unspecified atom stereocenters. The number of anilines is 2. The van der Waals surface area contributed by atoms with Gasteiger partial charge in [0.1, 0.15) is 0 Å². The maximum absolute atomic E-state index is 12.8. The van der Waals surface area contributed by atoms with Crippen molar-refractivity contribution in [3.05, 3.63) is 23.8 Å². The molecule has 2 N–H and O–H groups in total. The number of hydrogen-bond donors (Lipinski definition) is 2. The van der Waals surface area contributed by atoms with Crippen molar-refractivity contribution in [2.75, 3.05) is 37.9 Å². The van der Waals surface area contributed by atoms with Crippen molar-refractivity contribution in [3.63, 3.8) is 0 Å². The van der Waals surface area contributed by atoms with Crippen LogP contribution in [0.25, 0.3) is 0 Å². The second-order valence-corrected chi connectivity index (χ2v) is 4.88. The van der Waals surface area contributed by atoms with Gasteiger partial charge >= 0.3 is 6.18 Å². The molecule has 0 aromatic heterocycles. The number of rotatable bonds is 6. The largest absolute Gasteiger partial charge is 0.416 e. The molecule has 0 heterocycles. The Morgan fingerprint density at radius 3 is 2.48 bits per heavy atom. The molecule has 0 aliphatic carbocycles. The van der Waals surface area contributed by atoms with Gasteiger partial charge in [0.25, 0.3) is 0 Å². The van der Waals surface area contributed by atoms with E-state index in [1.165, 1.54) is 6.07 Å². The number of hydrogen-bond acceptors (Lipinski definition) is 3. The van der Waals surface area contributed by atoms with Gasteiger partial charge in [0.05, 0.1) is 16.9 Å². The van der Waals surface area contributed by atoms with Gasteiger partial charge in [-0.1, -0.05) is 0 Å². The van der Waals surface area contributed by atoms with Crippen LogP contribution in [0.3, 0.4) is 0 Å². The maximum Gasteiger partial charge on any atom is 0.416 e. The average Bonchev–Trinajstić information content (AvgIpc) is 2.37. The molecule has 1 aromatic carbocycles. The highest BCUT2D eigenvalue weighted by Crippen LogP contribution is 2.34. The van der Waals surface area contributed by atoms with E-state index in [0.29, 0.717) is 18.7 Å². The lowest BCUT2D eigenvalue weighted by molar-refractivity contribution is -0.137. The summed E-state index contributed by atoms with van der Waals surface area (Å²) in [7, 11) is 5.19. The van der Waals surface area contributed by atoms with Gasteiger partial charge in [-0.2, -0.15) is 13.2 Å². The number of nitrogens with one attached hydrogen (secondary N) is 2. The lowest BCUT2D eigenvalue weighted by Crippen LogP contribution is -2.19. The number of benzene rings is 1. The molecular weight excluding hydrogens is 283 g/mol. The zero-order chi connectivity index (χ0) is 16.0. The molecule has 0 bridgehead atoms. The minimum Gasteiger partial charge on any atom is -0.376 e. The lowest BCUT2D eigenvalue weighted by atomic mass is 10.1. The van der Waals surface area contributed by atoms with Crippen LogP contribution >= 0.6 is 0 Å². The first-order valence-corrected chi connectivity index (χ1v) is 6.58. The van der Waals surface area contributed by atoms with Crippen LogP contribution in [0.4, 0.5) is 24.5 Å². The van der Waals surface area contributed by atoms with Gasteiger partial charge in [-0.15, -0.1) is 0 Å². The molecule has 0 spiro atoms. The maximum atomic E-state index is 12.8. The molecule has 4 nitrogen and oxygen atoms in total. The highest BCUT2D eigenvalue weighted by Gasteiger charge is 2.31. The molecule has 0 saturated heterocycles. The molecule has 0 saturated carbocycles. The zero-order valence-electron chi connectivity index (χ0n) is 12.3. The van der Waals surface area contributed by atoms with Gasteiger partial charge < -0.3 is 15.5 Å². The van der Waals surface area contributed by atoms with Gasteiger partial charge in [-0.05, 0) is 38.2 Å². The molecule has 0 atom stereocenters. The summed E-state index contributed by atoms with van der Waals surface area (Å²) in [6.07, 6.45) is -3.56. The zero-order valence-corrected chi connectivity index (χ0v) is 12.3. The first-order valence-electron chi connectivity index (χ1n) is 6.58.